The van der Waals surface area contributed by atoms with Crippen LogP contribution in [0.15, 0.2) is 46.9 Å². The van der Waals surface area contributed by atoms with Crippen LogP contribution >= 0.6 is 11.3 Å². The van der Waals surface area contributed by atoms with Crippen molar-refractivity contribution in [3.05, 3.63) is 52.6 Å². The summed E-state index contributed by atoms with van der Waals surface area (Å²) in [7, 11) is 2.10. The van der Waals surface area contributed by atoms with Crippen LogP contribution in [0.4, 0.5) is 0 Å². The number of aliphatic imine (C=N–C) groups is 1. The Morgan fingerprint density at radius 3 is 2.96 bits per heavy atom. The SMILES string of the molecule is CCNC(=NCCCc1nnc2ccccn12)N(C)CCc1cccs1. The minimum absolute atomic E-state index is 0.771. The van der Waals surface area contributed by atoms with Crippen LogP contribution in [0.1, 0.15) is 24.0 Å². The third-order valence-corrected chi connectivity index (χ3v) is 5.11. The average molecular weight is 371 g/mol. The lowest BCUT2D eigenvalue weighted by molar-refractivity contribution is 0.486. The molecule has 0 radical (unpaired) electrons. The van der Waals surface area contributed by atoms with Gasteiger partial charge in [-0.2, -0.15) is 0 Å². The first-order chi connectivity index (χ1) is 12.8. The molecule has 3 aromatic rings. The predicted molar refractivity (Wildman–Crippen MR) is 108 cm³/mol. The van der Waals surface area contributed by atoms with Gasteiger partial charge >= 0.3 is 0 Å². The van der Waals surface area contributed by atoms with Crippen molar-refractivity contribution in [1.29, 1.82) is 0 Å². The van der Waals surface area contributed by atoms with Gasteiger partial charge in [0.1, 0.15) is 5.82 Å². The van der Waals surface area contributed by atoms with Gasteiger partial charge in [0.2, 0.25) is 0 Å². The highest BCUT2D eigenvalue weighted by Gasteiger charge is 2.07. The van der Waals surface area contributed by atoms with E-state index in [1.165, 1.54) is 4.88 Å². The molecule has 3 rings (SSSR count). The topological polar surface area (TPSA) is 57.8 Å². The molecule has 0 saturated heterocycles. The second-order valence-electron chi connectivity index (χ2n) is 6.14. The van der Waals surface area contributed by atoms with Crippen LogP contribution in [0.2, 0.25) is 0 Å². The summed E-state index contributed by atoms with van der Waals surface area (Å²) in [5, 5.41) is 14.0. The molecule has 0 amide bonds. The Bertz CT molecular complexity index is 824. The fourth-order valence-electron chi connectivity index (χ4n) is 2.79. The lowest BCUT2D eigenvalue weighted by Gasteiger charge is -2.21. The minimum atomic E-state index is 0.771. The van der Waals surface area contributed by atoms with E-state index >= 15 is 0 Å². The maximum atomic E-state index is 4.77. The lowest BCUT2D eigenvalue weighted by Crippen LogP contribution is -2.40. The zero-order chi connectivity index (χ0) is 18.2. The number of fused-ring (bicyclic) bond motifs is 1. The van der Waals surface area contributed by atoms with E-state index in [-0.39, 0.29) is 0 Å². The number of rotatable bonds is 8. The summed E-state index contributed by atoms with van der Waals surface area (Å²) < 4.78 is 2.04. The van der Waals surface area contributed by atoms with Crippen molar-refractivity contribution in [2.24, 2.45) is 4.99 Å². The molecule has 0 aliphatic heterocycles. The van der Waals surface area contributed by atoms with Crippen LogP contribution < -0.4 is 5.32 Å². The third-order valence-electron chi connectivity index (χ3n) is 4.17. The van der Waals surface area contributed by atoms with E-state index in [1.54, 1.807) is 0 Å². The van der Waals surface area contributed by atoms with E-state index in [1.807, 2.05) is 40.1 Å². The van der Waals surface area contributed by atoms with Gasteiger partial charge in [0.05, 0.1) is 0 Å². The summed E-state index contributed by atoms with van der Waals surface area (Å²) in [4.78, 5) is 8.38. The fourth-order valence-corrected chi connectivity index (χ4v) is 3.49. The number of aromatic nitrogens is 3. The molecule has 0 aromatic carbocycles. The number of pyridine rings is 1. The number of nitrogens with one attached hydrogen (secondary N) is 1. The molecule has 138 valence electrons. The first-order valence-electron chi connectivity index (χ1n) is 9.08. The van der Waals surface area contributed by atoms with Crippen LogP contribution in [-0.2, 0) is 12.8 Å². The van der Waals surface area contributed by atoms with E-state index < -0.39 is 0 Å². The Morgan fingerprint density at radius 2 is 2.15 bits per heavy atom. The molecule has 0 bridgehead atoms. The maximum Gasteiger partial charge on any atom is 0.193 e. The van der Waals surface area contributed by atoms with E-state index in [0.717, 1.165) is 56.3 Å². The Labute approximate surface area is 158 Å². The van der Waals surface area contributed by atoms with E-state index in [4.69, 9.17) is 4.99 Å². The van der Waals surface area contributed by atoms with Crippen molar-refractivity contribution in [3.63, 3.8) is 0 Å². The van der Waals surface area contributed by atoms with Gasteiger partial charge in [-0.3, -0.25) is 9.39 Å². The smallest absolute Gasteiger partial charge is 0.193 e. The predicted octanol–water partition coefficient (Wildman–Crippen LogP) is 2.86. The zero-order valence-electron chi connectivity index (χ0n) is 15.4. The Hall–Kier alpha value is -2.41. The third kappa shape index (κ3) is 4.82. The molecular formula is C19H26N6S. The number of hydrogen-bond donors (Lipinski definition) is 1. The number of aryl methyl sites for hydroxylation is 1. The quantitative estimate of drug-likeness (QED) is 0.376. The van der Waals surface area contributed by atoms with Gasteiger partial charge in [-0.05, 0) is 43.3 Å². The maximum absolute atomic E-state index is 4.77. The molecule has 3 aromatic heterocycles. The summed E-state index contributed by atoms with van der Waals surface area (Å²) in [6.07, 6.45) is 4.87. The summed E-state index contributed by atoms with van der Waals surface area (Å²) in [5.74, 6) is 1.96. The molecule has 1 N–H and O–H groups in total. The highest BCUT2D eigenvalue weighted by molar-refractivity contribution is 7.09. The van der Waals surface area contributed by atoms with Gasteiger partial charge < -0.3 is 10.2 Å². The number of guanidine groups is 1. The first-order valence-corrected chi connectivity index (χ1v) is 9.96. The van der Waals surface area contributed by atoms with Crippen molar-refractivity contribution in [3.8, 4) is 0 Å². The van der Waals surface area contributed by atoms with Gasteiger partial charge in [-0.15, -0.1) is 21.5 Å². The summed E-state index contributed by atoms with van der Waals surface area (Å²) >= 11 is 1.81. The van der Waals surface area contributed by atoms with Crippen molar-refractivity contribution >= 4 is 22.9 Å². The molecule has 0 fully saturated rings. The number of likely N-dealkylation sites (N-methyl/N-ethyl adjacent to an activating group) is 1. The largest absolute Gasteiger partial charge is 0.357 e. The fraction of sp³-hybridized carbons (Fsp3) is 0.421. The summed E-state index contributed by atoms with van der Waals surface area (Å²) in [6.45, 7) is 4.70. The molecule has 6 nitrogen and oxygen atoms in total. The van der Waals surface area contributed by atoms with Crippen molar-refractivity contribution in [1.82, 2.24) is 24.8 Å². The van der Waals surface area contributed by atoms with Gasteiger partial charge in [0.25, 0.3) is 0 Å². The van der Waals surface area contributed by atoms with Crippen LogP contribution in [0.5, 0.6) is 0 Å². The van der Waals surface area contributed by atoms with Crippen LogP contribution in [0.25, 0.3) is 5.65 Å². The molecule has 0 atom stereocenters. The Morgan fingerprint density at radius 1 is 1.23 bits per heavy atom. The van der Waals surface area contributed by atoms with E-state index in [9.17, 15) is 0 Å². The van der Waals surface area contributed by atoms with Crippen LogP contribution in [0.3, 0.4) is 0 Å². The highest BCUT2D eigenvalue weighted by atomic mass is 32.1. The van der Waals surface area contributed by atoms with Crippen molar-refractivity contribution in [2.45, 2.75) is 26.2 Å². The first kappa shape index (κ1) is 18.4. The van der Waals surface area contributed by atoms with Crippen molar-refractivity contribution < 1.29 is 0 Å². The lowest BCUT2D eigenvalue weighted by atomic mass is 10.3. The van der Waals surface area contributed by atoms with Crippen LogP contribution in [0, 0.1) is 0 Å². The van der Waals surface area contributed by atoms with Gasteiger partial charge in [0.15, 0.2) is 11.6 Å². The molecule has 0 saturated carbocycles. The van der Waals surface area contributed by atoms with Crippen molar-refractivity contribution in [2.75, 3.05) is 26.7 Å². The molecule has 26 heavy (non-hydrogen) atoms. The average Bonchev–Trinajstić information content (AvgIpc) is 3.32. The molecule has 0 aliphatic carbocycles. The Balaban J connectivity index is 1.51. The Kier molecular flexibility index (Phi) is 6.60. The van der Waals surface area contributed by atoms with Crippen LogP contribution in [-0.4, -0.2) is 52.1 Å². The van der Waals surface area contributed by atoms with E-state index in [2.05, 4.69) is 51.9 Å². The normalized spacial score (nSPS) is 11.8. The van der Waals surface area contributed by atoms with E-state index in [0.29, 0.717) is 0 Å². The summed E-state index contributed by atoms with van der Waals surface area (Å²) in [5.41, 5.74) is 0.896. The second kappa shape index (κ2) is 9.33. The van der Waals surface area contributed by atoms with Gasteiger partial charge in [-0.1, -0.05) is 12.1 Å². The molecule has 0 unspecified atom stereocenters. The molecule has 3 heterocycles. The zero-order valence-corrected chi connectivity index (χ0v) is 16.2. The van der Waals surface area contributed by atoms with Gasteiger partial charge in [-0.25, -0.2) is 0 Å². The molecule has 0 spiro atoms. The highest BCUT2D eigenvalue weighted by Crippen LogP contribution is 2.09. The minimum Gasteiger partial charge on any atom is -0.357 e. The number of hydrogen-bond acceptors (Lipinski definition) is 4. The monoisotopic (exact) mass is 370 g/mol. The molecule has 7 heteroatoms. The number of nitrogens with zero attached hydrogens (tertiary/aromatic N) is 5. The standard InChI is InChI=1S/C19H26N6S/c1-3-20-19(24(2)14-11-16-8-7-15-26-16)21-12-6-10-18-23-22-17-9-4-5-13-25(17)18/h4-5,7-9,13,15H,3,6,10-12,14H2,1-2H3,(H,20,21). The number of thiophene rings is 1. The molecule has 0 aliphatic rings. The summed E-state index contributed by atoms with van der Waals surface area (Å²) in [6, 6.07) is 10.2. The second-order valence-corrected chi connectivity index (χ2v) is 7.17. The van der Waals surface area contributed by atoms with Gasteiger partial charge in [0, 0.05) is 44.2 Å². The molecular weight excluding hydrogens is 344 g/mol.